The smallest absolute Gasteiger partial charge is 0.254 e. The van der Waals surface area contributed by atoms with E-state index in [4.69, 9.17) is 14.1 Å². The third-order valence-electron chi connectivity index (χ3n) is 3.99. The number of fused-ring (bicyclic) bond motifs is 3. The third kappa shape index (κ3) is 3.43. The van der Waals surface area contributed by atoms with Gasteiger partial charge in [0.2, 0.25) is 0 Å². The molecule has 3 fully saturated rings. The molecule has 3 aliphatic heterocycles. The Labute approximate surface area is 124 Å². The molecule has 20 heavy (non-hydrogen) atoms. The Morgan fingerprint density at radius 1 is 1.50 bits per heavy atom. The fourth-order valence-electron chi connectivity index (χ4n) is 2.86. The van der Waals surface area contributed by atoms with Crippen molar-refractivity contribution in [3.8, 4) is 5.88 Å². The van der Waals surface area contributed by atoms with Crippen LogP contribution in [0.15, 0.2) is 15.7 Å². The number of halogens is 1. The Kier molecular flexibility index (Phi) is 5.25. The molecule has 1 unspecified atom stereocenters. The van der Waals surface area contributed by atoms with Gasteiger partial charge in [0, 0.05) is 24.7 Å². The number of piperidine rings is 3. The zero-order chi connectivity index (χ0) is 13.1. The summed E-state index contributed by atoms with van der Waals surface area (Å²) in [4.78, 5) is 7.75. The molecule has 0 saturated carbocycles. The van der Waals surface area contributed by atoms with Gasteiger partial charge >= 0.3 is 0 Å². The second-order valence-electron chi connectivity index (χ2n) is 5.17. The maximum absolute atomic E-state index is 5.25. The highest BCUT2D eigenvalue weighted by Crippen LogP contribution is 2.31. The van der Waals surface area contributed by atoms with Crippen molar-refractivity contribution in [1.82, 2.24) is 10.1 Å². The average molecular weight is 302 g/mol. The maximum atomic E-state index is 5.25. The minimum atomic E-state index is 0. The first kappa shape index (κ1) is 15.1. The van der Waals surface area contributed by atoms with Gasteiger partial charge in [-0.2, -0.15) is 0 Å². The molecule has 0 aliphatic carbocycles. The Morgan fingerprint density at radius 2 is 2.30 bits per heavy atom. The number of oxime groups is 1. The molecule has 0 spiro atoms. The summed E-state index contributed by atoms with van der Waals surface area (Å²) in [6.45, 7) is 3.89. The molecule has 0 radical (unpaired) electrons. The van der Waals surface area contributed by atoms with E-state index >= 15 is 0 Å². The topological polar surface area (TPSA) is 60.1 Å². The highest BCUT2D eigenvalue weighted by Gasteiger charge is 2.33. The van der Waals surface area contributed by atoms with Gasteiger partial charge in [-0.25, -0.2) is 0 Å². The van der Waals surface area contributed by atoms with E-state index in [-0.39, 0.29) is 19.0 Å². The molecule has 0 N–H and O–H groups in total. The summed E-state index contributed by atoms with van der Waals surface area (Å²) in [5, 5.41) is 7.76. The lowest BCUT2D eigenvalue weighted by atomic mass is 9.80. The molecule has 6 nitrogen and oxygen atoms in total. The van der Waals surface area contributed by atoms with Crippen molar-refractivity contribution in [1.29, 1.82) is 0 Å². The van der Waals surface area contributed by atoms with Crippen LogP contribution in [0, 0.1) is 11.8 Å². The van der Waals surface area contributed by atoms with E-state index in [9.17, 15) is 0 Å². The largest absolute Gasteiger partial charge is 0.479 e. The van der Waals surface area contributed by atoms with Crippen LogP contribution in [0.4, 0.5) is 0 Å². The highest BCUT2D eigenvalue weighted by atomic mass is 35.5. The van der Waals surface area contributed by atoms with Crippen LogP contribution in [-0.2, 0) is 11.4 Å². The van der Waals surface area contributed by atoms with Gasteiger partial charge in [0.15, 0.2) is 12.4 Å². The fraction of sp³-hybridized carbons (Fsp3) is 0.692. The van der Waals surface area contributed by atoms with Crippen molar-refractivity contribution in [3.05, 3.63) is 11.8 Å². The van der Waals surface area contributed by atoms with E-state index in [0.29, 0.717) is 17.6 Å². The zero-order valence-electron chi connectivity index (χ0n) is 11.5. The van der Waals surface area contributed by atoms with Crippen LogP contribution in [0.1, 0.15) is 18.6 Å². The summed E-state index contributed by atoms with van der Waals surface area (Å²) in [5.74, 6) is 2.39. The van der Waals surface area contributed by atoms with Crippen LogP contribution in [-0.4, -0.2) is 43.0 Å². The number of hydrogen-bond acceptors (Lipinski definition) is 6. The molecule has 1 atom stereocenters. The third-order valence-corrected chi connectivity index (χ3v) is 3.99. The Bertz CT molecular complexity index is 444. The standard InChI is InChI=1S/C13H19N3O3.ClH/c1-17-13-6-12(19-15-13)9-18-14-7-11-8-16-4-2-10(11)3-5-16;/h6-7,10-11H,2-5,8-9H2,1H3;1H/b14-7+;. The number of methoxy groups -OCH3 is 1. The lowest BCUT2D eigenvalue weighted by Gasteiger charge is -2.43. The van der Waals surface area contributed by atoms with Crippen LogP contribution in [0.2, 0.25) is 0 Å². The maximum Gasteiger partial charge on any atom is 0.254 e. The summed E-state index contributed by atoms with van der Waals surface area (Å²) in [6, 6.07) is 1.70. The molecule has 1 aromatic heterocycles. The lowest BCUT2D eigenvalue weighted by molar-refractivity contribution is 0.0762. The second-order valence-corrected chi connectivity index (χ2v) is 5.17. The summed E-state index contributed by atoms with van der Waals surface area (Å²) in [6.07, 6.45) is 4.52. The van der Waals surface area contributed by atoms with Gasteiger partial charge in [0.25, 0.3) is 5.88 Å². The van der Waals surface area contributed by atoms with Gasteiger partial charge in [-0.1, -0.05) is 5.16 Å². The molecule has 2 bridgehead atoms. The molecule has 4 heterocycles. The average Bonchev–Trinajstić information content (AvgIpc) is 2.93. The fourth-order valence-corrected chi connectivity index (χ4v) is 2.86. The van der Waals surface area contributed by atoms with Gasteiger partial charge in [0.05, 0.1) is 7.11 Å². The molecule has 1 aromatic rings. The van der Waals surface area contributed by atoms with Gasteiger partial charge in [-0.3, -0.25) is 0 Å². The Balaban J connectivity index is 0.00000147. The second kappa shape index (κ2) is 6.95. The first-order valence-electron chi connectivity index (χ1n) is 6.72. The SMILES string of the molecule is COc1cc(CO/N=C/C2CN3CCC2CC3)on1.Cl. The van der Waals surface area contributed by atoms with Crippen LogP contribution in [0.3, 0.4) is 0 Å². The number of aromatic nitrogens is 1. The number of rotatable bonds is 5. The minimum absolute atomic E-state index is 0. The van der Waals surface area contributed by atoms with Gasteiger partial charge in [-0.05, 0) is 37.0 Å². The predicted octanol–water partition coefficient (Wildman–Crippen LogP) is 1.95. The summed E-state index contributed by atoms with van der Waals surface area (Å²) < 4.78 is 9.94. The number of nitrogens with zero attached hydrogens (tertiary/aromatic N) is 3. The van der Waals surface area contributed by atoms with E-state index in [1.54, 1.807) is 13.2 Å². The lowest BCUT2D eigenvalue weighted by Crippen LogP contribution is -2.47. The minimum Gasteiger partial charge on any atom is -0.479 e. The first-order chi connectivity index (χ1) is 9.35. The van der Waals surface area contributed by atoms with Crippen molar-refractivity contribution in [2.75, 3.05) is 26.7 Å². The van der Waals surface area contributed by atoms with E-state index in [2.05, 4.69) is 15.2 Å². The van der Waals surface area contributed by atoms with Gasteiger partial charge in [0.1, 0.15) is 0 Å². The van der Waals surface area contributed by atoms with Crippen molar-refractivity contribution in [3.63, 3.8) is 0 Å². The van der Waals surface area contributed by atoms with E-state index in [0.717, 1.165) is 12.5 Å². The predicted molar refractivity (Wildman–Crippen MR) is 76.2 cm³/mol. The van der Waals surface area contributed by atoms with Crippen LogP contribution < -0.4 is 4.74 Å². The highest BCUT2D eigenvalue weighted by molar-refractivity contribution is 5.85. The Hall–Kier alpha value is -1.27. The summed E-state index contributed by atoms with van der Waals surface area (Å²) in [7, 11) is 1.55. The van der Waals surface area contributed by atoms with Crippen molar-refractivity contribution >= 4 is 18.6 Å². The first-order valence-corrected chi connectivity index (χ1v) is 6.72. The van der Waals surface area contributed by atoms with E-state index in [1.165, 1.54) is 25.9 Å². The van der Waals surface area contributed by atoms with E-state index in [1.807, 2.05) is 6.21 Å². The van der Waals surface area contributed by atoms with Crippen molar-refractivity contribution in [2.24, 2.45) is 17.0 Å². The molecule has 0 amide bonds. The van der Waals surface area contributed by atoms with Crippen molar-refractivity contribution < 1.29 is 14.1 Å². The molecule has 112 valence electrons. The van der Waals surface area contributed by atoms with Crippen LogP contribution in [0.5, 0.6) is 5.88 Å². The molecule has 3 aliphatic rings. The molecular weight excluding hydrogens is 282 g/mol. The van der Waals surface area contributed by atoms with Crippen LogP contribution >= 0.6 is 12.4 Å². The quantitative estimate of drug-likeness (QED) is 0.614. The van der Waals surface area contributed by atoms with Gasteiger partial charge in [-0.15, -0.1) is 12.4 Å². The van der Waals surface area contributed by atoms with Gasteiger partial charge < -0.3 is 19.0 Å². The monoisotopic (exact) mass is 301 g/mol. The number of ether oxygens (including phenoxy) is 1. The molecule has 4 rings (SSSR count). The molecule has 3 saturated heterocycles. The summed E-state index contributed by atoms with van der Waals surface area (Å²) in [5.41, 5.74) is 0. The summed E-state index contributed by atoms with van der Waals surface area (Å²) >= 11 is 0. The normalized spacial score (nSPS) is 28.4. The Morgan fingerprint density at radius 3 is 2.90 bits per heavy atom. The van der Waals surface area contributed by atoms with E-state index < -0.39 is 0 Å². The van der Waals surface area contributed by atoms with Crippen LogP contribution in [0.25, 0.3) is 0 Å². The molecular formula is C13H20ClN3O3. The number of hydrogen-bond donors (Lipinski definition) is 0. The molecule has 0 aromatic carbocycles. The molecule has 7 heteroatoms. The zero-order valence-corrected chi connectivity index (χ0v) is 12.3. The van der Waals surface area contributed by atoms with Crippen molar-refractivity contribution in [2.45, 2.75) is 19.4 Å².